The lowest BCUT2D eigenvalue weighted by molar-refractivity contribution is -0.134. The fourth-order valence-corrected chi connectivity index (χ4v) is 7.12. The second kappa shape index (κ2) is 21.4. The van der Waals surface area contributed by atoms with Gasteiger partial charge < -0.3 is 26.0 Å². The zero-order valence-electron chi connectivity index (χ0n) is 35.0. The van der Waals surface area contributed by atoms with E-state index in [9.17, 15) is 24.0 Å². The number of carbonyl (C=O) groups excluding carboxylic acids is 5. The minimum absolute atomic E-state index is 0.00227. The Balaban J connectivity index is 1.32. The minimum Gasteiger partial charge on any atom is -0.361 e. The fourth-order valence-electron chi connectivity index (χ4n) is 7.12. The first-order chi connectivity index (χ1) is 28.3. The Labute approximate surface area is 349 Å². The van der Waals surface area contributed by atoms with Crippen molar-refractivity contribution in [3.63, 3.8) is 0 Å². The van der Waals surface area contributed by atoms with E-state index in [0.717, 1.165) is 29.5 Å². The number of rotatable bonds is 22. The standard InChI is InChI=1S/C49H60N4O6/c1-33(2)29-41(44(54)49(5)32-59-49)51-48(58)43(31-38-19-13-8-14-20-38)53-47(57)42(30-34(3)4)52-46(56)40(28-25-36-17-11-7-12-18-36)50-45(55)39-26-23-37(24-27-39)22-21-35-15-9-6-10-16-35/h6-20,23-24,26-27,33-34,40-43H,21-22,25,28-32H2,1-5H3,(H,50,55)(H,51,58)(H,52,56)(H,53,57)/t40-,41-,42-,43-,49+/m0/s1. The van der Waals surface area contributed by atoms with Gasteiger partial charge in [-0.25, -0.2) is 0 Å². The van der Waals surface area contributed by atoms with E-state index in [1.54, 1.807) is 19.1 Å². The van der Waals surface area contributed by atoms with Crippen LogP contribution in [-0.2, 0) is 49.6 Å². The molecule has 312 valence electrons. The summed E-state index contributed by atoms with van der Waals surface area (Å²) in [6.45, 7) is 9.86. The van der Waals surface area contributed by atoms with Crippen LogP contribution in [0.4, 0.5) is 0 Å². The maximum atomic E-state index is 14.2. The van der Waals surface area contributed by atoms with Gasteiger partial charge in [-0.2, -0.15) is 0 Å². The van der Waals surface area contributed by atoms with Gasteiger partial charge in [0.15, 0.2) is 5.78 Å². The third-order valence-electron chi connectivity index (χ3n) is 10.6. The molecule has 0 aliphatic carbocycles. The molecule has 1 heterocycles. The SMILES string of the molecule is CC(C)C[C@H](NC(=O)[C@H](CCc1ccccc1)NC(=O)c1ccc(CCc2ccccc2)cc1)C(=O)N[C@@H](Cc1ccccc1)C(=O)N[C@@H](CC(C)C)C(=O)[C@@]1(C)CO1. The van der Waals surface area contributed by atoms with Crippen LogP contribution in [0.25, 0.3) is 0 Å². The van der Waals surface area contributed by atoms with E-state index in [1.807, 2.05) is 119 Å². The number of epoxide rings is 1. The van der Waals surface area contributed by atoms with Gasteiger partial charge >= 0.3 is 0 Å². The molecule has 10 heteroatoms. The average molecular weight is 801 g/mol. The van der Waals surface area contributed by atoms with Crippen molar-refractivity contribution in [2.24, 2.45) is 11.8 Å². The number of carbonyl (C=O) groups is 5. The molecule has 0 saturated carbocycles. The Morgan fingerprint density at radius 2 is 0.949 bits per heavy atom. The maximum Gasteiger partial charge on any atom is 0.251 e. The van der Waals surface area contributed by atoms with Gasteiger partial charge in [0.1, 0.15) is 23.7 Å². The van der Waals surface area contributed by atoms with Gasteiger partial charge in [-0.3, -0.25) is 24.0 Å². The highest BCUT2D eigenvalue weighted by Gasteiger charge is 2.50. The molecule has 0 bridgehead atoms. The molecule has 5 atom stereocenters. The highest BCUT2D eigenvalue weighted by atomic mass is 16.6. The molecule has 0 radical (unpaired) electrons. The number of aryl methyl sites for hydroxylation is 3. The monoisotopic (exact) mass is 800 g/mol. The molecular formula is C49H60N4O6. The molecule has 1 aliphatic heterocycles. The van der Waals surface area contributed by atoms with Gasteiger partial charge in [-0.1, -0.05) is 131 Å². The molecule has 4 aromatic rings. The van der Waals surface area contributed by atoms with Gasteiger partial charge in [0.05, 0.1) is 12.6 Å². The molecule has 0 aromatic heterocycles. The topological polar surface area (TPSA) is 146 Å². The van der Waals surface area contributed by atoms with Crippen molar-refractivity contribution in [3.05, 3.63) is 143 Å². The van der Waals surface area contributed by atoms with E-state index < -0.39 is 53.4 Å². The Morgan fingerprint density at radius 3 is 1.47 bits per heavy atom. The molecule has 1 saturated heterocycles. The van der Waals surface area contributed by atoms with E-state index in [4.69, 9.17) is 4.74 Å². The summed E-state index contributed by atoms with van der Waals surface area (Å²) in [6.07, 6.45) is 3.37. The van der Waals surface area contributed by atoms with Crippen molar-refractivity contribution >= 4 is 29.4 Å². The van der Waals surface area contributed by atoms with Crippen molar-refractivity contribution < 1.29 is 28.7 Å². The summed E-state index contributed by atoms with van der Waals surface area (Å²) in [6, 6.07) is 32.8. The van der Waals surface area contributed by atoms with Gasteiger partial charge in [0.25, 0.3) is 5.91 Å². The highest BCUT2D eigenvalue weighted by Crippen LogP contribution is 2.30. The molecule has 4 aromatic carbocycles. The van der Waals surface area contributed by atoms with Crippen molar-refractivity contribution in [2.45, 2.75) is 109 Å². The Morgan fingerprint density at radius 1 is 0.525 bits per heavy atom. The molecule has 1 aliphatic rings. The smallest absolute Gasteiger partial charge is 0.251 e. The van der Waals surface area contributed by atoms with Crippen LogP contribution in [0, 0.1) is 11.8 Å². The van der Waals surface area contributed by atoms with Crippen LogP contribution >= 0.6 is 0 Å². The maximum absolute atomic E-state index is 14.2. The van der Waals surface area contributed by atoms with Crippen LogP contribution in [0.3, 0.4) is 0 Å². The van der Waals surface area contributed by atoms with E-state index in [-0.39, 0.29) is 30.5 Å². The summed E-state index contributed by atoms with van der Waals surface area (Å²) >= 11 is 0. The van der Waals surface area contributed by atoms with Gasteiger partial charge in [0, 0.05) is 12.0 Å². The number of Topliss-reactive ketones (excluding diaryl/α,β-unsaturated/α-hetero) is 1. The number of ether oxygens (including phenoxy) is 1. The number of ketones is 1. The molecule has 59 heavy (non-hydrogen) atoms. The van der Waals surface area contributed by atoms with Crippen molar-refractivity contribution in [1.82, 2.24) is 21.3 Å². The second-order valence-corrected chi connectivity index (χ2v) is 16.7. The third-order valence-corrected chi connectivity index (χ3v) is 10.6. The Hall–Kier alpha value is -5.61. The molecule has 1 fully saturated rings. The number of benzene rings is 4. The summed E-state index contributed by atoms with van der Waals surface area (Å²) in [5, 5.41) is 11.7. The summed E-state index contributed by atoms with van der Waals surface area (Å²) < 4.78 is 5.43. The van der Waals surface area contributed by atoms with E-state index in [1.165, 1.54) is 5.56 Å². The first-order valence-corrected chi connectivity index (χ1v) is 20.9. The highest BCUT2D eigenvalue weighted by molar-refractivity contribution is 6.00. The van der Waals surface area contributed by atoms with Gasteiger partial charge in [-0.05, 0) is 91.7 Å². The van der Waals surface area contributed by atoms with Crippen molar-refractivity contribution in [1.29, 1.82) is 0 Å². The van der Waals surface area contributed by atoms with Crippen LogP contribution in [0.5, 0.6) is 0 Å². The van der Waals surface area contributed by atoms with E-state index in [0.29, 0.717) is 31.4 Å². The van der Waals surface area contributed by atoms with Crippen LogP contribution in [0.15, 0.2) is 115 Å². The molecule has 5 rings (SSSR count). The van der Waals surface area contributed by atoms with E-state index in [2.05, 4.69) is 33.4 Å². The molecule has 4 N–H and O–H groups in total. The normalized spacial score (nSPS) is 16.7. The van der Waals surface area contributed by atoms with Gasteiger partial charge in [-0.15, -0.1) is 0 Å². The lowest BCUT2D eigenvalue weighted by atomic mass is 9.93. The predicted molar refractivity (Wildman–Crippen MR) is 231 cm³/mol. The zero-order valence-corrected chi connectivity index (χ0v) is 35.0. The third kappa shape index (κ3) is 14.0. The lowest BCUT2D eigenvalue weighted by Crippen LogP contribution is -2.59. The van der Waals surface area contributed by atoms with Crippen molar-refractivity contribution in [3.8, 4) is 0 Å². The summed E-state index contributed by atoms with van der Waals surface area (Å²) in [7, 11) is 0. The van der Waals surface area contributed by atoms with Crippen LogP contribution in [0.2, 0.25) is 0 Å². The number of hydrogen-bond donors (Lipinski definition) is 4. The quantitative estimate of drug-likeness (QED) is 0.0682. The Bertz CT molecular complexity index is 1980. The van der Waals surface area contributed by atoms with E-state index >= 15 is 0 Å². The first kappa shape index (κ1) is 44.5. The summed E-state index contributed by atoms with van der Waals surface area (Å²) in [5.74, 6) is -2.02. The predicted octanol–water partition coefficient (Wildman–Crippen LogP) is 6.35. The minimum atomic E-state index is -1.05. The molecule has 0 spiro atoms. The van der Waals surface area contributed by atoms with Gasteiger partial charge in [0.2, 0.25) is 17.7 Å². The summed E-state index contributed by atoms with van der Waals surface area (Å²) in [4.78, 5) is 69.6. The van der Waals surface area contributed by atoms with Crippen LogP contribution in [0.1, 0.15) is 86.5 Å². The first-order valence-electron chi connectivity index (χ1n) is 20.9. The largest absolute Gasteiger partial charge is 0.361 e. The Kier molecular flexibility index (Phi) is 16.1. The van der Waals surface area contributed by atoms with Crippen LogP contribution in [-0.4, -0.2) is 65.8 Å². The second-order valence-electron chi connectivity index (χ2n) is 16.7. The number of amides is 4. The number of nitrogens with one attached hydrogen (secondary N) is 4. The molecule has 0 unspecified atom stereocenters. The molecule has 10 nitrogen and oxygen atoms in total. The lowest BCUT2D eigenvalue weighted by Gasteiger charge is -2.28. The fraction of sp³-hybridized carbons (Fsp3) is 0.408. The number of hydrogen-bond acceptors (Lipinski definition) is 6. The summed E-state index contributed by atoms with van der Waals surface area (Å²) in [5.41, 5.74) is 3.64. The van der Waals surface area contributed by atoms with Crippen LogP contribution < -0.4 is 21.3 Å². The zero-order chi connectivity index (χ0) is 42.4. The molecule has 4 amide bonds. The van der Waals surface area contributed by atoms with Crippen molar-refractivity contribution in [2.75, 3.05) is 6.61 Å². The molecular weight excluding hydrogens is 741 g/mol. The average Bonchev–Trinajstić information content (AvgIpc) is 3.99.